The zero-order valence-electron chi connectivity index (χ0n) is 5.82. The molecule has 0 fully saturated rings. The number of aliphatic hydroxyl groups is 2. The Bertz CT molecular complexity index is 17.2. The molecule has 10 heavy (non-hydrogen) atoms. The van der Waals surface area contributed by atoms with Crippen LogP contribution in [0.5, 0.6) is 0 Å². The van der Waals surface area contributed by atoms with E-state index < -0.39 is 0 Å². The average Bonchev–Trinajstić information content (AvgIpc) is 1.99. The van der Waals surface area contributed by atoms with Crippen LogP contribution < -0.4 is 0 Å². The minimum atomic E-state index is 0.194. The summed E-state index contributed by atoms with van der Waals surface area (Å²) in [6, 6.07) is 0. The lowest BCUT2D eigenvalue weighted by atomic mass is 11.8. The summed E-state index contributed by atoms with van der Waals surface area (Å²) in [6.45, 7) is 0. The minimum absolute atomic E-state index is 0.194. The Morgan fingerprint density at radius 1 is 0.700 bits per heavy atom. The van der Waals surface area contributed by atoms with Crippen molar-refractivity contribution in [2.24, 2.45) is 0 Å². The van der Waals surface area contributed by atoms with Gasteiger partial charge in [-0.3, -0.25) is 0 Å². The highest BCUT2D eigenvalue weighted by Gasteiger charge is 1.42. The summed E-state index contributed by atoms with van der Waals surface area (Å²) in [6.07, 6.45) is 0. The summed E-state index contributed by atoms with van der Waals surface area (Å²) in [5.74, 6) is 0. The van der Waals surface area contributed by atoms with Crippen LogP contribution in [0.1, 0.15) is 0 Å². The molecule has 0 aliphatic rings. The van der Waals surface area contributed by atoms with E-state index in [4.69, 9.17) is 56.6 Å². The van der Waals surface area contributed by atoms with E-state index in [1.54, 1.807) is 0 Å². The molecular formula is C4H12Cl4O2. The summed E-state index contributed by atoms with van der Waals surface area (Å²) in [4.78, 5) is 0. The van der Waals surface area contributed by atoms with Crippen molar-refractivity contribution in [3.63, 3.8) is 0 Å². The van der Waals surface area contributed by atoms with Crippen molar-refractivity contribution in [3.8, 4) is 0 Å². The summed E-state index contributed by atoms with van der Waals surface area (Å²) in [5, 5.41) is 14.4. The number of aliphatic hydroxyl groups excluding tert-OH is 2. The maximum atomic E-state index is 7.00. The SMILES string of the molecule is CO.CO.ClCCl.ClCCl. The molecule has 0 aromatic carbocycles. The van der Waals surface area contributed by atoms with Gasteiger partial charge in [0.05, 0.1) is 10.7 Å². The predicted octanol–water partition coefficient (Wildman–Crippen LogP) is 2.06. The third-order valence-electron chi connectivity index (χ3n) is 0. The molecule has 0 heterocycles. The van der Waals surface area contributed by atoms with Gasteiger partial charge in [0.15, 0.2) is 0 Å². The lowest BCUT2D eigenvalue weighted by Gasteiger charge is -1.42. The fourth-order valence-electron chi connectivity index (χ4n) is 0. The Labute approximate surface area is 81.7 Å². The van der Waals surface area contributed by atoms with Crippen LogP contribution >= 0.6 is 46.4 Å². The quantitative estimate of drug-likeness (QED) is 0.629. The first kappa shape index (κ1) is 22.5. The van der Waals surface area contributed by atoms with E-state index in [0.717, 1.165) is 14.2 Å². The first-order valence-electron chi connectivity index (χ1n) is 1.96. The smallest absolute Gasteiger partial charge is 0.0967 e. The Morgan fingerprint density at radius 2 is 0.700 bits per heavy atom. The Morgan fingerprint density at radius 3 is 0.700 bits per heavy atom. The van der Waals surface area contributed by atoms with E-state index in [-0.39, 0.29) is 10.7 Å². The largest absolute Gasteiger partial charge is 0.400 e. The Hall–Kier alpha value is 1.08. The first-order valence-corrected chi connectivity index (χ1v) is 4.10. The van der Waals surface area contributed by atoms with E-state index in [0.29, 0.717) is 0 Å². The van der Waals surface area contributed by atoms with E-state index in [9.17, 15) is 0 Å². The van der Waals surface area contributed by atoms with E-state index in [1.165, 1.54) is 0 Å². The predicted molar refractivity (Wildman–Crippen MR) is 49.4 cm³/mol. The number of alkyl halides is 4. The fraction of sp³-hybridized carbons (Fsp3) is 1.00. The van der Waals surface area contributed by atoms with Crippen molar-refractivity contribution < 1.29 is 10.2 Å². The van der Waals surface area contributed by atoms with E-state index in [2.05, 4.69) is 0 Å². The van der Waals surface area contributed by atoms with Gasteiger partial charge in [-0.05, 0) is 0 Å². The third-order valence-corrected chi connectivity index (χ3v) is 0. The second-order valence-corrected chi connectivity index (χ2v) is 1.82. The van der Waals surface area contributed by atoms with E-state index in [1.807, 2.05) is 0 Å². The zero-order chi connectivity index (χ0) is 9.41. The molecule has 0 aliphatic carbocycles. The molecule has 0 bridgehead atoms. The van der Waals surface area contributed by atoms with Crippen LogP contribution in [0.2, 0.25) is 0 Å². The number of halogens is 4. The highest BCUT2D eigenvalue weighted by atomic mass is 35.5. The molecule has 0 saturated heterocycles. The molecule has 2 nitrogen and oxygen atoms in total. The molecule has 0 atom stereocenters. The van der Waals surface area contributed by atoms with Crippen molar-refractivity contribution >= 4 is 46.4 Å². The van der Waals surface area contributed by atoms with Gasteiger partial charge in [0.2, 0.25) is 0 Å². The molecule has 0 aliphatic heterocycles. The Kier molecular flexibility index (Phi) is 197. The number of rotatable bonds is 0. The van der Waals surface area contributed by atoms with Crippen LogP contribution in [0.4, 0.5) is 0 Å². The van der Waals surface area contributed by atoms with Gasteiger partial charge in [-0.25, -0.2) is 0 Å². The summed E-state index contributed by atoms with van der Waals surface area (Å²) in [7, 11) is 2.00. The van der Waals surface area contributed by atoms with Crippen molar-refractivity contribution in [1.82, 2.24) is 0 Å². The third kappa shape index (κ3) is 508. The molecule has 0 radical (unpaired) electrons. The average molecular weight is 234 g/mol. The molecule has 6 heteroatoms. The molecule has 0 amide bonds. The van der Waals surface area contributed by atoms with E-state index >= 15 is 0 Å². The maximum Gasteiger partial charge on any atom is 0.0967 e. The first-order chi connectivity index (χ1) is 4.83. The standard InChI is InChI=1S/2CH2Cl2.2CH4O/c2*2-1-3;2*1-2/h2*1H2;2*2H,1H3. The topological polar surface area (TPSA) is 40.5 Å². The van der Waals surface area contributed by atoms with Crippen LogP contribution in [0.3, 0.4) is 0 Å². The number of hydrogen-bond acceptors (Lipinski definition) is 2. The van der Waals surface area contributed by atoms with Crippen molar-refractivity contribution in [1.29, 1.82) is 0 Å². The van der Waals surface area contributed by atoms with Gasteiger partial charge in [-0.1, -0.05) is 0 Å². The Balaban J connectivity index is -0.0000000246. The van der Waals surface area contributed by atoms with Crippen LogP contribution in [0.15, 0.2) is 0 Å². The van der Waals surface area contributed by atoms with Gasteiger partial charge in [0.25, 0.3) is 0 Å². The van der Waals surface area contributed by atoms with Gasteiger partial charge in [0, 0.05) is 14.2 Å². The second kappa shape index (κ2) is 87.6. The zero-order valence-corrected chi connectivity index (χ0v) is 8.84. The lowest BCUT2D eigenvalue weighted by Crippen LogP contribution is -1.25. The molecule has 0 unspecified atom stereocenters. The molecular weight excluding hydrogens is 222 g/mol. The van der Waals surface area contributed by atoms with Crippen LogP contribution in [0.25, 0.3) is 0 Å². The van der Waals surface area contributed by atoms with Crippen molar-refractivity contribution in [3.05, 3.63) is 0 Å². The second-order valence-electron chi connectivity index (χ2n) is 0.202. The summed E-state index contributed by atoms with van der Waals surface area (Å²) >= 11 is 19.1. The molecule has 0 spiro atoms. The monoisotopic (exact) mass is 232 g/mol. The molecule has 0 aromatic heterocycles. The normalized spacial score (nSPS) is 4.80. The minimum Gasteiger partial charge on any atom is -0.400 e. The van der Waals surface area contributed by atoms with Gasteiger partial charge >= 0.3 is 0 Å². The van der Waals surface area contributed by atoms with Gasteiger partial charge in [-0.15, -0.1) is 46.4 Å². The summed E-state index contributed by atoms with van der Waals surface area (Å²) < 4.78 is 0. The van der Waals surface area contributed by atoms with Gasteiger partial charge < -0.3 is 10.2 Å². The van der Waals surface area contributed by atoms with Crippen LogP contribution in [-0.4, -0.2) is 35.1 Å². The van der Waals surface area contributed by atoms with Crippen LogP contribution in [-0.2, 0) is 0 Å². The fourth-order valence-corrected chi connectivity index (χ4v) is 0. The molecule has 0 saturated carbocycles. The molecule has 0 rings (SSSR count). The van der Waals surface area contributed by atoms with Gasteiger partial charge in [-0.2, -0.15) is 0 Å². The molecule has 2 N–H and O–H groups in total. The van der Waals surface area contributed by atoms with Crippen molar-refractivity contribution in [2.75, 3.05) is 24.9 Å². The summed E-state index contributed by atoms with van der Waals surface area (Å²) in [5.41, 5.74) is 0. The van der Waals surface area contributed by atoms with Crippen molar-refractivity contribution in [2.45, 2.75) is 0 Å². The highest BCUT2D eigenvalue weighted by molar-refractivity contribution is 6.40. The number of hydrogen-bond donors (Lipinski definition) is 2. The van der Waals surface area contributed by atoms with Gasteiger partial charge in [0.1, 0.15) is 0 Å². The lowest BCUT2D eigenvalue weighted by molar-refractivity contribution is 0.399. The maximum absolute atomic E-state index is 7.00. The highest BCUT2D eigenvalue weighted by Crippen LogP contribution is 1.73. The molecule has 0 aromatic rings. The molecule has 68 valence electrons. The van der Waals surface area contributed by atoms with Crippen LogP contribution in [0, 0.1) is 0 Å².